The van der Waals surface area contributed by atoms with Gasteiger partial charge in [0.1, 0.15) is 17.6 Å². The van der Waals surface area contributed by atoms with E-state index in [1.165, 1.54) is 0 Å². The first-order chi connectivity index (χ1) is 14.6. The molecule has 8 heteroatoms. The number of halogens is 2. The van der Waals surface area contributed by atoms with Crippen molar-refractivity contribution in [2.45, 2.75) is 18.5 Å². The fraction of sp³-hybridized carbons (Fsp3) is 0.273. The van der Waals surface area contributed by atoms with Crippen LogP contribution in [0.5, 0.6) is 0 Å². The molecule has 1 saturated heterocycles. The molecule has 0 saturated carbocycles. The molecular weight excluding hydrogens is 441 g/mol. The molecule has 156 valence electrons. The third-order valence-electron chi connectivity index (χ3n) is 5.08. The molecule has 2 aromatic heterocycles. The van der Waals surface area contributed by atoms with E-state index in [9.17, 15) is 0 Å². The molecule has 1 aliphatic rings. The summed E-state index contributed by atoms with van der Waals surface area (Å²) in [6.07, 6.45) is 2.63. The Kier molecular flexibility index (Phi) is 6.58. The zero-order valence-corrected chi connectivity index (χ0v) is 18.7. The van der Waals surface area contributed by atoms with E-state index in [0.717, 1.165) is 30.0 Å². The highest BCUT2D eigenvalue weighted by Gasteiger charge is 2.41. The highest BCUT2D eigenvalue weighted by Crippen LogP contribution is 2.42. The number of hydrogen-bond acceptors (Lipinski definition) is 4. The molecule has 30 heavy (non-hydrogen) atoms. The third-order valence-corrected chi connectivity index (χ3v) is 6.25. The van der Waals surface area contributed by atoms with E-state index in [1.807, 2.05) is 42.5 Å². The molecule has 1 N–H and O–H groups in total. The summed E-state index contributed by atoms with van der Waals surface area (Å²) in [7, 11) is 1.70. The van der Waals surface area contributed by atoms with Crippen molar-refractivity contribution in [2.24, 2.45) is 0 Å². The number of thiocarbonyl (C=S) groups is 1. The van der Waals surface area contributed by atoms with Gasteiger partial charge in [0.2, 0.25) is 0 Å². The van der Waals surface area contributed by atoms with E-state index in [-0.39, 0.29) is 12.1 Å². The SMILES string of the molecule is COCCCN1C(=S)NC(c2ccccn2)C1c1ccc(-c2cccc(Cl)c2Cl)o1. The number of methoxy groups -OCH3 is 1. The maximum Gasteiger partial charge on any atom is 0.170 e. The Labute approximate surface area is 190 Å². The predicted molar refractivity (Wildman–Crippen MR) is 123 cm³/mol. The number of nitrogens with one attached hydrogen (secondary N) is 1. The molecule has 0 bridgehead atoms. The van der Waals surface area contributed by atoms with Crippen LogP contribution < -0.4 is 5.32 Å². The number of hydrogen-bond donors (Lipinski definition) is 1. The summed E-state index contributed by atoms with van der Waals surface area (Å²) in [5, 5.41) is 5.04. The first kappa shape index (κ1) is 21.1. The first-order valence-electron chi connectivity index (χ1n) is 9.61. The number of pyridine rings is 1. The molecule has 2 atom stereocenters. The number of benzene rings is 1. The van der Waals surface area contributed by atoms with E-state index >= 15 is 0 Å². The maximum absolute atomic E-state index is 6.40. The molecule has 5 nitrogen and oxygen atoms in total. The summed E-state index contributed by atoms with van der Waals surface area (Å²) >= 11 is 18.2. The lowest BCUT2D eigenvalue weighted by Gasteiger charge is -2.26. The van der Waals surface area contributed by atoms with Gasteiger partial charge in [-0.25, -0.2) is 0 Å². The fourth-order valence-corrected chi connectivity index (χ4v) is 4.41. The minimum atomic E-state index is -0.143. The van der Waals surface area contributed by atoms with Crippen molar-refractivity contribution < 1.29 is 9.15 Å². The van der Waals surface area contributed by atoms with Gasteiger partial charge in [-0.05, 0) is 55.0 Å². The van der Waals surface area contributed by atoms with Crippen molar-refractivity contribution in [1.82, 2.24) is 15.2 Å². The van der Waals surface area contributed by atoms with Gasteiger partial charge in [-0.3, -0.25) is 4.98 Å². The standard InChI is InChI=1S/C22H21Cl2N3O2S/c1-28-13-5-12-27-21(20(26-22(27)30)16-8-2-3-11-25-16)18-10-9-17(29-18)14-6-4-7-15(23)19(14)24/h2-4,6-11,20-21H,5,12-13H2,1H3,(H,26,30). The van der Waals surface area contributed by atoms with Crippen molar-refractivity contribution in [2.75, 3.05) is 20.3 Å². The van der Waals surface area contributed by atoms with E-state index < -0.39 is 0 Å². The summed E-state index contributed by atoms with van der Waals surface area (Å²) in [5.74, 6) is 1.44. The van der Waals surface area contributed by atoms with Crippen LogP contribution in [0.25, 0.3) is 11.3 Å². The van der Waals surface area contributed by atoms with Crippen molar-refractivity contribution in [1.29, 1.82) is 0 Å². The van der Waals surface area contributed by atoms with Crippen molar-refractivity contribution in [3.63, 3.8) is 0 Å². The molecule has 3 aromatic rings. The Morgan fingerprint density at radius 1 is 1.17 bits per heavy atom. The van der Waals surface area contributed by atoms with E-state index in [1.54, 1.807) is 19.4 Å². The van der Waals surface area contributed by atoms with Crippen molar-refractivity contribution in [3.8, 4) is 11.3 Å². The quantitative estimate of drug-likeness (QED) is 0.361. The number of ether oxygens (including phenoxy) is 1. The van der Waals surface area contributed by atoms with E-state index in [0.29, 0.717) is 27.5 Å². The Morgan fingerprint density at radius 3 is 2.80 bits per heavy atom. The minimum absolute atomic E-state index is 0.130. The topological polar surface area (TPSA) is 50.5 Å². The number of nitrogens with zero attached hydrogens (tertiary/aromatic N) is 2. The largest absolute Gasteiger partial charge is 0.459 e. The highest BCUT2D eigenvalue weighted by atomic mass is 35.5. The van der Waals surface area contributed by atoms with Gasteiger partial charge in [0.15, 0.2) is 5.11 Å². The van der Waals surface area contributed by atoms with Gasteiger partial charge in [0.05, 0.1) is 21.8 Å². The summed E-state index contributed by atoms with van der Waals surface area (Å²) in [5.41, 5.74) is 1.65. The molecule has 1 aromatic carbocycles. The molecule has 3 heterocycles. The lowest BCUT2D eigenvalue weighted by atomic mass is 10.0. The molecule has 0 spiro atoms. The first-order valence-corrected chi connectivity index (χ1v) is 10.8. The summed E-state index contributed by atoms with van der Waals surface area (Å²) in [6, 6.07) is 15.0. The molecule has 2 unspecified atom stereocenters. The monoisotopic (exact) mass is 461 g/mol. The molecule has 0 aliphatic carbocycles. The van der Waals surface area contributed by atoms with Gasteiger partial charge in [-0.15, -0.1) is 0 Å². The zero-order valence-electron chi connectivity index (χ0n) is 16.3. The molecule has 0 radical (unpaired) electrons. The Hall–Kier alpha value is -2.12. The number of rotatable bonds is 7. The van der Waals surface area contributed by atoms with Crippen LogP contribution >= 0.6 is 35.4 Å². The molecule has 1 fully saturated rings. The average Bonchev–Trinajstić information content (AvgIpc) is 3.36. The van der Waals surface area contributed by atoms with Gasteiger partial charge in [0.25, 0.3) is 0 Å². The zero-order chi connectivity index (χ0) is 21.1. The van der Waals surface area contributed by atoms with E-state index in [4.69, 9.17) is 44.6 Å². The summed E-state index contributed by atoms with van der Waals surface area (Å²) in [6.45, 7) is 1.39. The van der Waals surface area contributed by atoms with Gasteiger partial charge in [-0.2, -0.15) is 0 Å². The molecular formula is C22H21Cl2N3O2S. The fourth-order valence-electron chi connectivity index (χ4n) is 3.69. The van der Waals surface area contributed by atoms with Crippen molar-refractivity contribution >= 4 is 40.5 Å². The van der Waals surface area contributed by atoms with Crippen molar-refractivity contribution in [3.05, 3.63) is 76.2 Å². The third kappa shape index (κ3) is 4.18. The lowest BCUT2D eigenvalue weighted by molar-refractivity contribution is 0.177. The second kappa shape index (κ2) is 9.35. The Morgan fingerprint density at radius 2 is 2.03 bits per heavy atom. The van der Waals surface area contributed by atoms with Crippen LogP contribution in [-0.4, -0.2) is 35.3 Å². The smallest absolute Gasteiger partial charge is 0.170 e. The molecule has 0 amide bonds. The summed E-state index contributed by atoms with van der Waals surface area (Å²) < 4.78 is 11.5. The van der Waals surface area contributed by atoms with Gasteiger partial charge in [-0.1, -0.05) is 35.3 Å². The van der Waals surface area contributed by atoms with Gasteiger partial charge < -0.3 is 19.4 Å². The van der Waals surface area contributed by atoms with Crippen LogP contribution in [0.4, 0.5) is 0 Å². The number of aromatic nitrogens is 1. The van der Waals surface area contributed by atoms with Crippen LogP contribution in [0.1, 0.15) is 30.0 Å². The highest BCUT2D eigenvalue weighted by molar-refractivity contribution is 7.80. The summed E-state index contributed by atoms with van der Waals surface area (Å²) in [4.78, 5) is 6.67. The van der Waals surface area contributed by atoms with Crippen LogP contribution in [0.3, 0.4) is 0 Å². The van der Waals surface area contributed by atoms with Crippen LogP contribution in [0.2, 0.25) is 10.0 Å². The second-order valence-corrected chi connectivity index (χ2v) is 8.14. The maximum atomic E-state index is 6.40. The van der Waals surface area contributed by atoms with Gasteiger partial charge >= 0.3 is 0 Å². The average molecular weight is 462 g/mol. The predicted octanol–water partition coefficient (Wildman–Crippen LogP) is 5.66. The lowest BCUT2D eigenvalue weighted by Crippen LogP contribution is -2.31. The van der Waals surface area contributed by atoms with Crippen LogP contribution in [0, 0.1) is 0 Å². The van der Waals surface area contributed by atoms with E-state index in [2.05, 4.69) is 15.2 Å². The van der Waals surface area contributed by atoms with Gasteiger partial charge in [0, 0.05) is 32.0 Å². The Bertz CT molecular complexity index is 1030. The molecule has 4 rings (SSSR count). The number of furan rings is 1. The Balaban J connectivity index is 1.71. The van der Waals surface area contributed by atoms with Crippen LogP contribution in [0.15, 0.2) is 59.1 Å². The van der Waals surface area contributed by atoms with Crippen LogP contribution in [-0.2, 0) is 4.74 Å². The molecule has 1 aliphatic heterocycles. The minimum Gasteiger partial charge on any atom is -0.459 e. The second-order valence-electron chi connectivity index (χ2n) is 6.97. The normalized spacial score (nSPS) is 18.6.